The van der Waals surface area contributed by atoms with Gasteiger partial charge < -0.3 is 21.5 Å². The third-order valence-corrected chi connectivity index (χ3v) is 15.2. The van der Waals surface area contributed by atoms with Crippen molar-refractivity contribution < 1.29 is 22.3 Å². The fourth-order valence-electron chi connectivity index (χ4n) is 11.8. The van der Waals surface area contributed by atoms with Gasteiger partial charge >= 0.3 is 10.4 Å². The summed E-state index contributed by atoms with van der Waals surface area (Å²) in [5.74, 6) is 4.21. The molecular weight excluding hydrogens is 635 g/mol. The maximum Gasteiger partial charge on any atom is 0.397 e. The van der Waals surface area contributed by atoms with Crippen molar-refractivity contribution in [3.8, 4) is 0 Å². The molecule has 4 aliphatic carbocycles. The third kappa shape index (κ3) is 11.1. The number of nitrogens with one attached hydrogen (secondary N) is 2. The van der Waals surface area contributed by atoms with Crippen molar-refractivity contribution >= 4 is 10.4 Å². The standard InChI is InChI=1S/C40H77N3O5S/c1-29(2)37(48-49(45,46)47)17-14-30(3)33-15-16-34-38-35(19-21-40(33,34)5)39(4)20-18-31(27-32(39)28-36(38)44)13-8-6-7-9-23-42-24-10-11-25-43-26-12-22-41/h29-38,42-44H,6-28,41H2,1-5H3,(H,45,46,47). The maximum atomic E-state index is 11.9. The molecule has 4 fully saturated rings. The van der Waals surface area contributed by atoms with Crippen LogP contribution in [0.3, 0.4) is 0 Å². The van der Waals surface area contributed by atoms with Crippen molar-refractivity contribution in [3.63, 3.8) is 0 Å². The van der Waals surface area contributed by atoms with E-state index in [1.54, 1.807) is 0 Å². The van der Waals surface area contributed by atoms with E-state index in [2.05, 4.69) is 31.4 Å². The largest absolute Gasteiger partial charge is 0.397 e. The molecule has 0 saturated heterocycles. The molecule has 9 heteroatoms. The molecule has 0 aliphatic heterocycles. The van der Waals surface area contributed by atoms with Crippen LogP contribution in [-0.2, 0) is 14.6 Å². The Bertz CT molecular complexity index is 1080. The van der Waals surface area contributed by atoms with E-state index in [4.69, 9.17) is 9.92 Å². The average Bonchev–Trinajstić information content (AvgIpc) is 3.40. The molecule has 8 nitrogen and oxygen atoms in total. The molecule has 0 bridgehead atoms. The molecule has 0 aromatic heterocycles. The Morgan fingerprint density at radius 1 is 0.796 bits per heavy atom. The number of hydrogen-bond acceptors (Lipinski definition) is 7. The maximum absolute atomic E-state index is 11.9. The average molecular weight is 712 g/mol. The molecule has 4 rings (SSSR count). The topological polar surface area (TPSA) is 134 Å². The van der Waals surface area contributed by atoms with Gasteiger partial charge in [0.15, 0.2) is 0 Å². The predicted molar refractivity (Wildman–Crippen MR) is 201 cm³/mol. The van der Waals surface area contributed by atoms with Crippen LogP contribution in [0.5, 0.6) is 0 Å². The number of rotatable bonds is 22. The lowest BCUT2D eigenvalue weighted by molar-refractivity contribution is -0.169. The number of unbranched alkanes of at least 4 members (excludes halogenated alkanes) is 4. The molecule has 0 amide bonds. The van der Waals surface area contributed by atoms with Gasteiger partial charge in [-0.2, -0.15) is 8.42 Å². The normalized spacial score (nSPS) is 35.9. The zero-order valence-corrected chi connectivity index (χ0v) is 33.0. The van der Waals surface area contributed by atoms with Crippen LogP contribution in [0, 0.1) is 58.2 Å². The highest BCUT2D eigenvalue weighted by Gasteiger charge is 2.62. The highest BCUT2D eigenvalue weighted by atomic mass is 32.3. The van der Waals surface area contributed by atoms with Crippen molar-refractivity contribution in [1.29, 1.82) is 0 Å². The van der Waals surface area contributed by atoms with E-state index in [9.17, 15) is 18.1 Å². The van der Waals surface area contributed by atoms with Crippen LogP contribution in [0.25, 0.3) is 0 Å². The molecule has 11 unspecified atom stereocenters. The SMILES string of the molecule is CC(C)C(CCC(C)C1CCC2C3C(O)CC4CC(CCCCCCNCCCCNCCCN)CCC4(C)C3CCC12C)OS(=O)(=O)O. The number of fused-ring (bicyclic) bond motifs is 5. The molecule has 4 aliphatic rings. The first-order chi connectivity index (χ1) is 23.3. The van der Waals surface area contributed by atoms with Crippen LogP contribution < -0.4 is 16.4 Å². The lowest BCUT2D eigenvalue weighted by Crippen LogP contribution is -2.58. The molecule has 11 atom stereocenters. The molecule has 0 aromatic carbocycles. The zero-order valence-electron chi connectivity index (χ0n) is 32.1. The molecule has 0 heterocycles. The summed E-state index contributed by atoms with van der Waals surface area (Å²) in [6, 6.07) is 0. The lowest BCUT2D eigenvalue weighted by Gasteiger charge is -2.62. The van der Waals surface area contributed by atoms with Gasteiger partial charge in [-0.05, 0) is 181 Å². The number of aliphatic hydroxyl groups is 1. The van der Waals surface area contributed by atoms with Gasteiger partial charge in [-0.1, -0.05) is 60.3 Å². The predicted octanol–water partition coefficient (Wildman–Crippen LogP) is 7.75. The van der Waals surface area contributed by atoms with Gasteiger partial charge in [0.05, 0.1) is 12.2 Å². The van der Waals surface area contributed by atoms with E-state index in [0.717, 1.165) is 57.9 Å². The molecule has 288 valence electrons. The minimum Gasteiger partial charge on any atom is -0.393 e. The smallest absolute Gasteiger partial charge is 0.393 e. The molecule has 4 saturated carbocycles. The summed E-state index contributed by atoms with van der Waals surface area (Å²) in [6.45, 7) is 16.6. The Morgan fingerprint density at radius 3 is 2.06 bits per heavy atom. The van der Waals surface area contributed by atoms with Crippen molar-refractivity contribution in [1.82, 2.24) is 10.6 Å². The van der Waals surface area contributed by atoms with E-state index >= 15 is 0 Å². The van der Waals surface area contributed by atoms with Gasteiger partial charge in [-0.25, -0.2) is 4.18 Å². The van der Waals surface area contributed by atoms with Crippen LogP contribution in [0.4, 0.5) is 0 Å². The third-order valence-electron chi connectivity index (χ3n) is 14.7. The van der Waals surface area contributed by atoms with Crippen molar-refractivity contribution in [2.75, 3.05) is 32.7 Å². The monoisotopic (exact) mass is 712 g/mol. The van der Waals surface area contributed by atoms with Crippen LogP contribution in [0.15, 0.2) is 0 Å². The quantitative estimate of drug-likeness (QED) is 0.0569. The summed E-state index contributed by atoms with van der Waals surface area (Å²) >= 11 is 0. The molecule has 0 aromatic rings. The Hall–Kier alpha value is -0.290. The van der Waals surface area contributed by atoms with Crippen molar-refractivity contribution in [2.24, 2.45) is 63.9 Å². The molecule has 49 heavy (non-hydrogen) atoms. The van der Waals surface area contributed by atoms with Gasteiger partial charge in [-0.3, -0.25) is 4.55 Å². The van der Waals surface area contributed by atoms with Gasteiger partial charge in [0, 0.05) is 0 Å². The molecule has 6 N–H and O–H groups in total. The van der Waals surface area contributed by atoms with E-state index in [1.165, 1.54) is 89.9 Å². The summed E-state index contributed by atoms with van der Waals surface area (Å²) in [7, 11) is -4.45. The van der Waals surface area contributed by atoms with Crippen LogP contribution >= 0.6 is 0 Å². The molecular formula is C40H77N3O5S. The van der Waals surface area contributed by atoms with E-state index in [-0.39, 0.29) is 17.4 Å². The van der Waals surface area contributed by atoms with Gasteiger partial charge in [0.25, 0.3) is 0 Å². The van der Waals surface area contributed by atoms with Crippen LogP contribution in [-0.4, -0.2) is 63.0 Å². The Balaban J connectivity index is 1.18. The first-order valence-electron chi connectivity index (χ1n) is 20.8. The van der Waals surface area contributed by atoms with Gasteiger partial charge in [-0.15, -0.1) is 0 Å². The number of nitrogens with two attached hydrogens (primary N) is 1. The van der Waals surface area contributed by atoms with Crippen LogP contribution in [0.1, 0.15) is 150 Å². The highest BCUT2D eigenvalue weighted by Crippen LogP contribution is 2.68. The van der Waals surface area contributed by atoms with E-state index < -0.39 is 16.5 Å². The lowest BCUT2D eigenvalue weighted by atomic mass is 9.43. The minimum atomic E-state index is -4.45. The zero-order chi connectivity index (χ0) is 35.7. The van der Waals surface area contributed by atoms with E-state index in [0.29, 0.717) is 47.3 Å². The Kier molecular flexibility index (Phi) is 16.2. The summed E-state index contributed by atoms with van der Waals surface area (Å²) in [5, 5.41) is 19.0. The second-order valence-corrected chi connectivity index (χ2v) is 19.1. The first-order valence-corrected chi connectivity index (χ1v) is 22.1. The van der Waals surface area contributed by atoms with Crippen molar-refractivity contribution in [2.45, 2.75) is 162 Å². The Morgan fingerprint density at radius 2 is 1.41 bits per heavy atom. The summed E-state index contributed by atoms with van der Waals surface area (Å²) in [5.41, 5.74) is 6.14. The highest BCUT2D eigenvalue weighted by molar-refractivity contribution is 7.80. The molecule has 0 spiro atoms. The van der Waals surface area contributed by atoms with Crippen molar-refractivity contribution in [3.05, 3.63) is 0 Å². The fourth-order valence-corrected chi connectivity index (χ4v) is 12.5. The minimum absolute atomic E-state index is 0.0189. The fraction of sp³-hybridized carbons (Fsp3) is 1.00. The van der Waals surface area contributed by atoms with Gasteiger partial charge in [0.2, 0.25) is 0 Å². The second-order valence-electron chi connectivity index (χ2n) is 18.1. The number of hydrogen-bond donors (Lipinski definition) is 5. The van der Waals surface area contributed by atoms with Crippen LogP contribution in [0.2, 0.25) is 0 Å². The van der Waals surface area contributed by atoms with E-state index in [1.807, 2.05) is 13.8 Å². The summed E-state index contributed by atoms with van der Waals surface area (Å²) in [4.78, 5) is 0. The molecule has 0 radical (unpaired) electrons. The number of aliphatic hydroxyl groups excluding tert-OH is 1. The first kappa shape index (κ1) is 41.5. The Labute approximate surface area is 301 Å². The second kappa shape index (κ2) is 19.2. The van der Waals surface area contributed by atoms with Gasteiger partial charge in [0.1, 0.15) is 0 Å². The summed E-state index contributed by atoms with van der Waals surface area (Å²) in [6.07, 6.45) is 21.1. The summed E-state index contributed by atoms with van der Waals surface area (Å²) < 4.78 is 37.2.